The second kappa shape index (κ2) is 7.27. The van der Waals surface area contributed by atoms with Crippen LogP contribution in [-0.4, -0.2) is 19.6 Å². The second-order valence-electron chi connectivity index (χ2n) is 9.27. The molecule has 4 nitrogen and oxygen atoms in total. The molecule has 1 saturated carbocycles. The Bertz CT molecular complexity index is 1440. The molecule has 32 heavy (non-hydrogen) atoms. The van der Waals surface area contributed by atoms with Gasteiger partial charge in [0.25, 0.3) is 0 Å². The number of rotatable bonds is 3. The van der Waals surface area contributed by atoms with Crippen molar-refractivity contribution in [1.82, 2.24) is 19.6 Å². The van der Waals surface area contributed by atoms with Crippen LogP contribution in [0.3, 0.4) is 0 Å². The highest BCUT2D eigenvalue weighted by atomic mass is 15.3. The fraction of sp³-hybridized carbons (Fsp3) is 0.250. The fourth-order valence-electron chi connectivity index (χ4n) is 5.03. The first-order valence-corrected chi connectivity index (χ1v) is 11.4. The van der Waals surface area contributed by atoms with Crippen molar-refractivity contribution in [2.75, 3.05) is 0 Å². The molecule has 0 amide bonds. The van der Waals surface area contributed by atoms with Crippen LogP contribution in [0.1, 0.15) is 42.6 Å². The summed E-state index contributed by atoms with van der Waals surface area (Å²) in [5.41, 5.74) is 9.45. The Hall–Kier alpha value is -3.53. The van der Waals surface area contributed by atoms with Gasteiger partial charge in [0.2, 0.25) is 0 Å². The van der Waals surface area contributed by atoms with Crippen molar-refractivity contribution in [2.45, 2.75) is 39.5 Å². The standard InChI is InChI=1S/C28H26N4/c1-17-13-23(14-17)20-9-11-22(12-10-20)27-25(21-7-5-4-6-8-21)16-24-19(3)29-26-15-18(2)31-32(26)28(24)30-27/h4-12,15-17,23H,13-14H2,1-3H3. The molecule has 3 heterocycles. The molecule has 4 heteroatoms. The van der Waals surface area contributed by atoms with Crippen molar-refractivity contribution in [3.63, 3.8) is 0 Å². The maximum atomic E-state index is 5.21. The Balaban J connectivity index is 1.58. The lowest BCUT2D eigenvalue weighted by atomic mass is 9.72. The van der Waals surface area contributed by atoms with Gasteiger partial charge in [-0.25, -0.2) is 9.97 Å². The predicted molar refractivity (Wildman–Crippen MR) is 130 cm³/mol. The minimum absolute atomic E-state index is 0.706. The van der Waals surface area contributed by atoms with E-state index in [0.29, 0.717) is 5.92 Å². The van der Waals surface area contributed by atoms with E-state index in [4.69, 9.17) is 9.97 Å². The van der Waals surface area contributed by atoms with Crippen LogP contribution in [0.4, 0.5) is 0 Å². The van der Waals surface area contributed by atoms with Crippen molar-refractivity contribution < 1.29 is 0 Å². The molecule has 1 aliphatic carbocycles. The summed E-state index contributed by atoms with van der Waals surface area (Å²) in [5.74, 6) is 1.56. The summed E-state index contributed by atoms with van der Waals surface area (Å²) in [6.07, 6.45) is 2.59. The van der Waals surface area contributed by atoms with Gasteiger partial charge in [-0.05, 0) is 55.7 Å². The average Bonchev–Trinajstić information content (AvgIpc) is 3.17. The molecule has 0 unspecified atom stereocenters. The van der Waals surface area contributed by atoms with E-state index in [1.165, 1.54) is 18.4 Å². The first kappa shape index (κ1) is 19.2. The van der Waals surface area contributed by atoms with Crippen LogP contribution in [0.25, 0.3) is 39.1 Å². The molecule has 1 aliphatic rings. The Labute approximate surface area is 188 Å². The summed E-state index contributed by atoms with van der Waals surface area (Å²) in [6.45, 7) is 6.38. The zero-order valence-corrected chi connectivity index (χ0v) is 18.7. The zero-order valence-electron chi connectivity index (χ0n) is 18.7. The molecular weight excluding hydrogens is 392 g/mol. The molecule has 6 rings (SSSR count). The molecule has 0 aliphatic heterocycles. The second-order valence-corrected chi connectivity index (χ2v) is 9.27. The summed E-state index contributed by atoms with van der Waals surface area (Å²) in [6, 6.07) is 23.8. The fourth-order valence-corrected chi connectivity index (χ4v) is 5.03. The summed E-state index contributed by atoms with van der Waals surface area (Å²) in [5, 5.41) is 5.71. The van der Waals surface area contributed by atoms with E-state index >= 15 is 0 Å². The van der Waals surface area contributed by atoms with Crippen LogP contribution in [0.2, 0.25) is 0 Å². The summed E-state index contributed by atoms with van der Waals surface area (Å²) in [4.78, 5) is 9.98. The highest BCUT2D eigenvalue weighted by Crippen LogP contribution is 2.42. The van der Waals surface area contributed by atoms with Gasteiger partial charge in [-0.2, -0.15) is 9.61 Å². The van der Waals surface area contributed by atoms with Crippen LogP contribution in [0, 0.1) is 19.8 Å². The minimum Gasteiger partial charge on any atom is -0.233 e. The summed E-state index contributed by atoms with van der Waals surface area (Å²) < 4.78 is 1.88. The number of nitrogens with zero attached hydrogens (tertiary/aromatic N) is 4. The number of benzene rings is 2. The lowest BCUT2D eigenvalue weighted by Crippen LogP contribution is -2.18. The average molecular weight is 419 g/mol. The summed E-state index contributed by atoms with van der Waals surface area (Å²) >= 11 is 0. The van der Waals surface area contributed by atoms with Crippen LogP contribution in [-0.2, 0) is 0 Å². The molecule has 158 valence electrons. The maximum Gasteiger partial charge on any atom is 0.165 e. The van der Waals surface area contributed by atoms with Crippen LogP contribution in [0.15, 0.2) is 66.7 Å². The number of hydrogen-bond donors (Lipinski definition) is 0. The van der Waals surface area contributed by atoms with E-state index in [9.17, 15) is 0 Å². The Morgan fingerprint density at radius 1 is 0.844 bits per heavy atom. The lowest BCUT2D eigenvalue weighted by molar-refractivity contribution is 0.288. The van der Waals surface area contributed by atoms with Crippen molar-refractivity contribution in [1.29, 1.82) is 0 Å². The minimum atomic E-state index is 0.706. The van der Waals surface area contributed by atoms with Gasteiger partial charge in [0.15, 0.2) is 11.3 Å². The number of fused-ring (bicyclic) bond motifs is 3. The number of pyridine rings is 1. The van der Waals surface area contributed by atoms with Gasteiger partial charge in [0.05, 0.1) is 17.1 Å². The third-order valence-electron chi connectivity index (χ3n) is 6.80. The van der Waals surface area contributed by atoms with Gasteiger partial charge < -0.3 is 0 Å². The third kappa shape index (κ3) is 3.10. The third-order valence-corrected chi connectivity index (χ3v) is 6.80. The van der Waals surface area contributed by atoms with Crippen LogP contribution in [0.5, 0.6) is 0 Å². The Morgan fingerprint density at radius 2 is 1.59 bits per heavy atom. The largest absolute Gasteiger partial charge is 0.233 e. The highest BCUT2D eigenvalue weighted by molar-refractivity contribution is 5.92. The van der Waals surface area contributed by atoms with Crippen molar-refractivity contribution in [3.8, 4) is 22.4 Å². The first-order chi connectivity index (χ1) is 15.6. The van der Waals surface area contributed by atoms with Gasteiger partial charge in [-0.1, -0.05) is 61.5 Å². The van der Waals surface area contributed by atoms with E-state index in [1.54, 1.807) is 0 Å². The van der Waals surface area contributed by atoms with E-state index in [1.807, 2.05) is 17.5 Å². The number of aryl methyl sites for hydroxylation is 2. The number of aromatic nitrogens is 4. The highest BCUT2D eigenvalue weighted by Gasteiger charge is 2.26. The summed E-state index contributed by atoms with van der Waals surface area (Å²) in [7, 11) is 0. The SMILES string of the molecule is Cc1cc2nc(C)c3cc(-c4ccccc4)c(-c4ccc(C5CC(C)C5)cc4)nc3n2n1. The zero-order chi connectivity index (χ0) is 21.8. The van der Waals surface area contributed by atoms with E-state index in [0.717, 1.165) is 56.4 Å². The molecule has 0 spiro atoms. The van der Waals surface area contributed by atoms with Crippen LogP contribution < -0.4 is 0 Å². The van der Waals surface area contributed by atoms with Gasteiger partial charge in [-0.15, -0.1) is 0 Å². The molecule has 0 radical (unpaired) electrons. The smallest absolute Gasteiger partial charge is 0.165 e. The quantitative estimate of drug-likeness (QED) is 0.326. The molecule has 5 aromatic rings. The Kier molecular flexibility index (Phi) is 4.35. The molecule has 1 fully saturated rings. The number of hydrogen-bond acceptors (Lipinski definition) is 3. The van der Waals surface area contributed by atoms with Crippen molar-refractivity contribution >= 4 is 16.7 Å². The molecule has 3 aromatic heterocycles. The van der Waals surface area contributed by atoms with E-state index in [2.05, 4.69) is 79.6 Å². The maximum absolute atomic E-state index is 5.21. The van der Waals surface area contributed by atoms with Gasteiger partial charge in [0.1, 0.15) is 0 Å². The van der Waals surface area contributed by atoms with Crippen molar-refractivity contribution in [3.05, 3.63) is 83.7 Å². The van der Waals surface area contributed by atoms with Gasteiger partial charge >= 0.3 is 0 Å². The predicted octanol–water partition coefficient (Wildman–Crippen LogP) is 6.74. The van der Waals surface area contributed by atoms with Crippen molar-refractivity contribution in [2.24, 2.45) is 5.92 Å². The van der Waals surface area contributed by atoms with Gasteiger partial charge in [-0.3, -0.25) is 0 Å². The Morgan fingerprint density at radius 3 is 2.31 bits per heavy atom. The molecule has 0 N–H and O–H groups in total. The van der Waals surface area contributed by atoms with Gasteiger partial charge in [0, 0.05) is 22.6 Å². The first-order valence-electron chi connectivity index (χ1n) is 11.4. The van der Waals surface area contributed by atoms with E-state index < -0.39 is 0 Å². The normalized spacial score (nSPS) is 18.2. The lowest BCUT2D eigenvalue weighted by Gasteiger charge is -2.33. The molecule has 0 saturated heterocycles. The molecule has 0 bridgehead atoms. The molecular formula is C28H26N4. The molecule has 0 atom stereocenters. The molecule has 2 aromatic carbocycles. The monoisotopic (exact) mass is 418 g/mol. The van der Waals surface area contributed by atoms with Crippen LogP contribution >= 0.6 is 0 Å². The van der Waals surface area contributed by atoms with E-state index in [-0.39, 0.29) is 0 Å². The topological polar surface area (TPSA) is 43.1 Å².